The van der Waals surface area contributed by atoms with E-state index in [9.17, 15) is 9.59 Å². The van der Waals surface area contributed by atoms with Crippen molar-refractivity contribution in [3.63, 3.8) is 0 Å². The molecule has 2 bridgehead atoms. The first-order valence-electron chi connectivity index (χ1n) is 8.39. The molecule has 1 aromatic rings. The van der Waals surface area contributed by atoms with Crippen LogP contribution in [-0.2, 0) is 11.3 Å². The minimum Gasteiger partial charge on any atom is -0.354 e. The summed E-state index contributed by atoms with van der Waals surface area (Å²) < 4.78 is 1.76. The van der Waals surface area contributed by atoms with Crippen LogP contribution in [0.5, 0.6) is 0 Å². The predicted molar refractivity (Wildman–Crippen MR) is 84.9 cm³/mol. The van der Waals surface area contributed by atoms with Gasteiger partial charge in [0, 0.05) is 25.6 Å². The molecule has 1 unspecified atom stereocenters. The van der Waals surface area contributed by atoms with Gasteiger partial charge < -0.3 is 5.32 Å². The fraction of sp³-hybridized carbons (Fsp3) is 0.750. The van der Waals surface area contributed by atoms with Crippen LogP contribution in [0.25, 0.3) is 0 Å². The fourth-order valence-corrected chi connectivity index (χ4v) is 3.78. The lowest BCUT2D eigenvalue weighted by atomic mass is 9.75. The van der Waals surface area contributed by atoms with E-state index in [-0.39, 0.29) is 23.7 Å². The van der Waals surface area contributed by atoms with E-state index in [4.69, 9.17) is 0 Å². The minimum absolute atomic E-state index is 0.0628. The lowest BCUT2D eigenvalue weighted by Gasteiger charge is -2.49. The number of aromatic nitrogens is 3. The van der Waals surface area contributed by atoms with E-state index in [1.165, 1.54) is 6.92 Å². The van der Waals surface area contributed by atoms with E-state index >= 15 is 0 Å². The molecule has 3 fully saturated rings. The number of piperidine rings is 3. The third-order valence-electron chi connectivity index (χ3n) is 4.94. The number of ketones is 1. The molecular weight excluding hydrogens is 294 g/mol. The normalized spacial score (nSPS) is 29.7. The Labute approximate surface area is 136 Å². The Hall–Kier alpha value is -1.76. The van der Waals surface area contributed by atoms with Gasteiger partial charge in [-0.1, -0.05) is 5.21 Å². The van der Waals surface area contributed by atoms with Gasteiger partial charge in [-0.25, -0.2) is 0 Å². The predicted octanol–water partition coefficient (Wildman–Crippen LogP) is 0.716. The molecule has 3 aliphatic heterocycles. The second-order valence-corrected chi connectivity index (χ2v) is 7.09. The molecule has 1 N–H and O–H groups in total. The molecule has 4 heterocycles. The summed E-state index contributed by atoms with van der Waals surface area (Å²) in [5, 5.41) is 11.0. The van der Waals surface area contributed by atoms with Crippen LogP contribution in [0.15, 0.2) is 6.20 Å². The largest absolute Gasteiger partial charge is 0.354 e. The first-order valence-corrected chi connectivity index (χ1v) is 8.39. The summed E-state index contributed by atoms with van der Waals surface area (Å²) in [6.07, 6.45) is 3.81. The average molecular weight is 319 g/mol. The first-order chi connectivity index (χ1) is 10.9. The third kappa shape index (κ3) is 3.44. The number of rotatable bonds is 5. The van der Waals surface area contributed by atoms with Crippen LogP contribution in [0.4, 0.5) is 0 Å². The number of amides is 1. The zero-order valence-electron chi connectivity index (χ0n) is 14.0. The van der Waals surface area contributed by atoms with Crippen molar-refractivity contribution >= 4 is 11.7 Å². The van der Waals surface area contributed by atoms with Gasteiger partial charge in [0.05, 0.1) is 18.7 Å². The number of hydrogen-bond acceptors (Lipinski definition) is 5. The van der Waals surface area contributed by atoms with Crippen molar-refractivity contribution in [1.82, 2.24) is 25.2 Å². The fourth-order valence-electron chi connectivity index (χ4n) is 3.78. The van der Waals surface area contributed by atoms with E-state index in [2.05, 4.69) is 20.5 Å². The van der Waals surface area contributed by atoms with Crippen LogP contribution in [0.1, 0.15) is 44.1 Å². The van der Waals surface area contributed by atoms with Gasteiger partial charge in [-0.3, -0.25) is 19.2 Å². The van der Waals surface area contributed by atoms with Gasteiger partial charge in [-0.2, -0.15) is 0 Å². The summed E-state index contributed by atoms with van der Waals surface area (Å²) in [5.41, 5.74) is 0.412. The molecule has 0 spiro atoms. The van der Waals surface area contributed by atoms with Crippen LogP contribution in [0.2, 0.25) is 0 Å². The summed E-state index contributed by atoms with van der Waals surface area (Å²) in [6, 6.07) is 0.562. The van der Waals surface area contributed by atoms with Gasteiger partial charge in [0.25, 0.3) is 0 Å². The van der Waals surface area contributed by atoms with Crippen LogP contribution in [-0.4, -0.2) is 56.8 Å². The number of carbonyl (C=O) groups is 2. The molecule has 1 amide bonds. The van der Waals surface area contributed by atoms with Gasteiger partial charge in [0.15, 0.2) is 5.78 Å². The number of carbonyl (C=O) groups excluding carboxylic acids is 2. The Morgan fingerprint density at radius 2 is 2.22 bits per heavy atom. The third-order valence-corrected chi connectivity index (χ3v) is 4.94. The summed E-state index contributed by atoms with van der Waals surface area (Å²) in [6.45, 7) is 8.09. The van der Waals surface area contributed by atoms with Crippen LogP contribution < -0.4 is 5.32 Å². The smallest absolute Gasteiger partial charge is 0.224 e. The van der Waals surface area contributed by atoms with Gasteiger partial charge in [0.1, 0.15) is 5.69 Å². The Morgan fingerprint density at radius 3 is 2.78 bits per heavy atom. The summed E-state index contributed by atoms with van der Waals surface area (Å²) in [7, 11) is 0. The maximum absolute atomic E-state index is 12.3. The van der Waals surface area contributed by atoms with Crippen molar-refractivity contribution in [3.8, 4) is 0 Å². The second-order valence-electron chi connectivity index (χ2n) is 7.09. The van der Waals surface area contributed by atoms with Crippen LogP contribution in [0, 0.1) is 11.8 Å². The molecule has 0 aliphatic carbocycles. The highest BCUT2D eigenvalue weighted by Crippen LogP contribution is 2.36. The summed E-state index contributed by atoms with van der Waals surface area (Å²) in [4.78, 5) is 26.0. The van der Waals surface area contributed by atoms with Gasteiger partial charge in [0.2, 0.25) is 5.91 Å². The topological polar surface area (TPSA) is 80.1 Å². The molecule has 126 valence electrons. The molecule has 7 heteroatoms. The molecule has 1 aromatic heterocycles. The highest BCUT2D eigenvalue weighted by Gasteiger charge is 2.43. The highest BCUT2D eigenvalue weighted by atomic mass is 16.2. The Morgan fingerprint density at radius 1 is 1.43 bits per heavy atom. The maximum Gasteiger partial charge on any atom is 0.224 e. The molecule has 0 radical (unpaired) electrons. The van der Waals surface area contributed by atoms with Crippen molar-refractivity contribution in [2.45, 2.75) is 52.2 Å². The second kappa shape index (κ2) is 6.39. The SMILES string of the molecule is CC(=O)c1cn(C[C@H]2C[C@@H]3CCN2C[C@H]3C(=O)NC(C)C)nn1. The van der Waals surface area contributed by atoms with Crippen LogP contribution in [0.3, 0.4) is 0 Å². The minimum atomic E-state index is -0.0628. The molecule has 0 saturated carbocycles. The number of nitrogens with one attached hydrogen (secondary N) is 1. The molecule has 0 aromatic carbocycles. The van der Waals surface area contributed by atoms with Gasteiger partial charge in [-0.05, 0) is 39.2 Å². The van der Waals surface area contributed by atoms with E-state index in [1.54, 1.807) is 10.9 Å². The quantitative estimate of drug-likeness (QED) is 0.809. The number of Topliss-reactive ketones (excluding diaryl/α,β-unsaturated/α-hetero) is 1. The lowest BCUT2D eigenvalue weighted by molar-refractivity contribution is -0.133. The highest BCUT2D eigenvalue weighted by molar-refractivity contribution is 5.91. The molecular formula is C16H25N5O2. The molecule has 23 heavy (non-hydrogen) atoms. The van der Waals surface area contributed by atoms with Crippen molar-refractivity contribution in [2.24, 2.45) is 11.8 Å². The number of nitrogens with zero attached hydrogens (tertiary/aromatic N) is 4. The van der Waals surface area contributed by atoms with Crippen LogP contribution >= 0.6 is 0 Å². The molecule has 3 aliphatic rings. The molecule has 7 nitrogen and oxygen atoms in total. The lowest BCUT2D eigenvalue weighted by Crippen LogP contribution is -2.58. The Bertz CT molecular complexity index is 597. The molecule has 3 saturated heterocycles. The van der Waals surface area contributed by atoms with Crippen molar-refractivity contribution in [2.75, 3.05) is 13.1 Å². The number of hydrogen-bond donors (Lipinski definition) is 1. The van der Waals surface area contributed by atoms with E-state index in [0.717, 1.165) is 32.5 Å². The average Bonchev–Trinajstić information content (AvgIpc) is 2.96. The number of fused-ring (bicyclic) bond motifs is 3. The van der Waals surface area contributed by atoms with E-state index < -0.39 is 0 Å². The Kier molecular flexibility index (Phi) is 4.48. The van der Waals surface area contributed by atoms with E-state index in [0.29, 0.717) is 17.7 Å². The van der Waals surface area contributed by atoms with E-state index in [1.807, 2.05) is 13.8 Å². The Balaban J connectivity index is 1.62. The standard InChI is InChI=1S/C16H25N5O2/c1-10(2)17-16(23)14-8-20-5-4-12(14)6-13(20)7-21-9-15(11(3)22)18-19-21/h9-10,12-14H,4-8H2,1-3H3,(H,17,23)/t12-,13+,14+/m0/s1. The zero-order valence-corrected chi connectivity index (χ0v) is 14.0. The first kappa shape index (κ1) is 16.1. The monoisotopic (exact) mass is 319 g/mol. The zero-order chi connectivity index (χ0) is 16.6. The maximum atomic E-state index is 12.3. The van der Waals surface area contributed by atoms with Crippen molar-refractivity contribution < 1.29 is 9.59 Å². The van der Waals surface area contributed by atoms with Crippen molar-refractivity contribution in [3.05, 3.63) is 11.9 Å². The van der Waals surface area contributed by atoms with Crippen molar-refractivity contribution in [1.29, 1.82) is 0 Å². The van der Waals surface area contributed by atoms with Gasteiger partial charge in [-0.15, -0.1) is 5.10 Å². The van der Waals surface area contributed by atoms with Gasteiger partial charge >= 0.3 is 0 Å². The molecule has 4 atom stereocenters. The summed E-state index contributed by atoms with van der Waals surface area (Å²) >= 11 is 0. The summed E-state index contributed by atoms with van der Waals surface area (Å²) in [5.74, 6) is 0.672. The molecule has 4 rings (SSSR count).